The maximum absolute atomic E-state index is 5.24. The van der Waals surface area contributed by atoms with Gasteiger partial charge in [-0.3, -0.25) is 0 Å². The fourth-order valence-electron chi connectivity index (χ4n) is 1.46. The van der Waals surface area contributed by atoms with E-state index in [-0.39, 0.29) is 6.10 Å². The van der Waals surface area contributed by atoms with E-state index < -0.39 is 0 Å². The van der Waals surface area contributed by atoms with Crippen LogP contribution in [0, 0.1) is 0 Å². The van der Waals surface area contributed by atoms with E-state index in [1.54, 1.807) is 14.2 Å². The molecule has 0 amide bonds. The molecule has 0 saturated heterocycles. The first-order chi connectivity index (χ1) is 7.85. The van der Waals surface area contributed by atoms with Crippen LogP contribution in [-0.2, 0) is 9.47 Å². The van der Waals surface area contributed by atoms with Gasteiger partial charge in [-0.1, -0.05) is 19.8 Å². The molecule has 0 saturated carbocycles. The number of rotatable bonds is 12. The summed E-state index contributed by atoms with van der Waals surface area (Å²) in [5.74, 6) is 0. The van der Waals surface area contributed by atoms with Crippen molar-refractivity contribution in [2.45, 2.75) is 32.3 Å². The Balaban J connectivity index is 3.12. The minimum absolute atomic E-state index is 0.157. The Morgan fingerprint density at radius 2 is 1.75 bits per heavy atom. The lowest BCUT2D eigenvalue weighted by atomic mass is 10.2. The predicted octanol–water partition coefficient (Wildman–Crippen LogP) is 1.02. The molecule has 0 aromatic rings. The molecule has 0 aliphatic rings. The zero-order valence-corrected chi connectivity index (χ0v) is 11.1. The molecule has 0 radical (unpaired) electrons. The van der Waals surface area contributed by atoms with Crippen LogP contribution in [0.5, 0.6) is 0 Å². The lowest BCUT2D eigenvalue weighted by molar-refractivity contribution is 0.0291. The number of unbranched alkanes of at least 4 members (excludes halogenated alkanes) is 2. The van der Waals surface area contributed by atoms with Crippen LogP contribution in [0.15, 0.2) is 0 Å². The molecule has 4 nitrogen and oxygen atoms in total. The Labute approximate surface area is 100 Å². The van der Waals surface area contributed by atoms with Crippen molar-refractivity contribution in [3.63, 3.8) is 0 Å². The average molecular weight is 232 g/mol. The van der Waals surface area contributed by atoms with E-state index >= 15 is 0 Å². The average Bonchev–Trinajstić information content (AvgIpc) is 2.31. The fourth-order valence-corrected chi connectivity index (χ4v) is 1.46. The molecule has 16 heavy (non-hydrogen) atoms. The summed E-state index contributed by atoms with van der Waals surface area (Å²) in [6.07, 6.45) is 4.04. The molecule has 2 N–H and O–H groups in total. The number of methoxy groups -OCH3 is 2. The number of hydrogen-bond donors (Lipinski definition) is 2. The molecular formula is C12H28N2O2. The maximum Gasteiger partial charge on any atom is 0.0928 e. The van der Waals surface area contributed by atoms with Crippen LogP contribution >= 0.6 is 0 Å². The van der Waals surface area contributed by atoms with Crippen molar-refractivity contribution in [3.8, 4) is 0 Å². The molecule has 0 aliphatic heterocycles. The van der Waals surface area contributed by atoms with E-state index in [0.717, 1.165) is 26.2 Å². The minimum Gasteiger partial charge on any atom is -0.382 e. The van der Waals surface area contributed by atoms with Gasteiger partial charge < -0.3 is 20.1 Å². The van der Waals surface area contributed by atoms with Gasteiger partial charge in [0, 0.05) is 33.9 Å². The molecule has 1 unspecified atom stereocenters. The van der Waals surface area contributed by atoms with E-state index in [1.165, 1.54) is 19.3 Å². The van der Waals surface area contributed by atoms with Crippen molar-refractivity contribution in [1.29, 1.82) is 0 Å². The number of nitrogens with one attached hydrogen (secondary N) is 2. The highest BCUT2D eigenvalue weighted by molar-refractivity contribution is 4.61. The molecule has 0 heterocycles. The zero-order valence-electron chi connectivity index (χ0n) is 11.1. The van der Waals surface area contributed by atoms with Crippen LogP contribution in [0.3, 0.4) is 0 Å². The van der Waals surface area contributed by atoms with Gasteiger partial charge >= 0.3 is 0 Å². The van der Waals surface area contributed by atoms with Gasteiger partial charge in [-0.25, -0.2) is 0 Å². The summed E-state index contributed by atoms with van der Waals surface area (Å²) in [6.45, 7) is 6.85. The topological polar surface area (TPSA) is 42.5 Å². The van der Waals surface area contributed by atoms with Crippen molar-refractivity contribution in [3.05, 3.63) is 0 Å². The van der Waals surface area contributed by atoms with Gasteiger partial charge in [0.25, 0.3) is 0 Å². The van der Waals surface area contributed by atoms with Gasteiger partial charge in [-0.2, -0.15) is 0 Å². The lowest BCUT2D eigenvalue weighted by Gasteiger charge is -2.15. The number of hydrogen-bond acceptors (Lipinski definition) is 4. The standard InChI is InChI=1S/C12H28N2O2/c1-4-5-6-7-13-8-9-14-10-12(16-3)11-15-2/h12-14H,4-11H2,1-3H3. The summed E-state index contributed by atoms with van der Waals surface area (Å²) in [7, 11) is 3.41. The first-order valence-corrected chi connectivity index (χ1v) is 6.28. The van der Waals surface area contributed by atoms with Crippen molar-refractivity contribution in [1.82, 2.24) is 10.6 Å². The third-order valence-electron chi connectivity index (χ3n) is 2.49. The Hall–Kier alpha value is -0.160. The van der Waals surface area contributed by atoms with Gasteiger partial charge in [0.15, 0.2) is 0 Å². The highest BCUT2D eigenvalue weighted by Crippen LogP contribution is 1.90. The smallest absolute Gasteiger partial charge is 0.0928 e. The van der Waals surface area contributed by atoms with Gasteiger partial charge in [0.1, 0.15) is 0 Å². The molecule has 0 fully saturated rings. The van der Waals surface area contributed by atoms with Crippen molar-refractivity contribution >= 4 is 0 Å². The molecule has 98 valence electrons. The first-order valence-electron chi connectivity index (χ1n) is 6.28. The van der Waals surface area contributed by atoms with Crippen LogP contribution in [-0.4, -0.2) is 53.1 Å². The summed E-state index contributed by atoms with van der Waals surface area (Å²) in [5, 5.41) is 6.75. The maximum atomic E-state index is 5.24. The summed E-state index contributed by atoms with van der Waals surface area (Å²) < 4.78 is 10.3. The quantitative estimate of drug-likeness (QED) is 0.493. The Morgan fingerprint density at radius 3 is 2.38 bits per heavy atom. The molecule has 0 bridgehead atoms. The van der Waals surface area contributed by atoms with Crippen molar-refractivity contribution in [2.24, 2.45) is 0 Å². The molecule has 0 aliphatic carbocycles. The van der Waals surface area contributed by atoms with Gasteiger partial charge in [0.05, 0.1) is 12.7 Å². The monoisotopic (exact) mass is 232 g/mol. The Kier molecular flexibility index (Phi) is 12.8. The molecule has 0 aromatic heterocycles. The second kappa shape index (κ2) is 12.9. The Morgan fingerprint density at radius 1 is 1.00 bits per heavy atom. The highest BCUT2D eigenvalue weighted by atomic mass is 16.5. The summed E-state index contributed by atoms with van der Waals surface area (Å²) in [5.41, 5.74) is 0. The second-order valence-corrected chi connectivity index (χ2v) is 3.97. The van der Waals surface area contributed by atoms with Crippen LogP contribution < -0.4 is 10.6 Å². The van der Waals surface area contributed by atoms with Crippen LogP contribution in [0.1, 0.15) is 26.2 Å². The lowest BCUT2D eigenvalue weighted by Crippen LogP contribution is -2.35. The Bertz CT molecular complexity index is 134. The van der Waals surface area contributed by atoms with Crippen LogP contribution in [0.25, 0.3) is 0 Å². The summed E-state index contributed by atoms with van der Waals surface area (Å²) in [6, 6.07) is 0. The third-order valence-corrected chi connectivity index (χ3v) is 2.49. The van der Waals surface area contributed by atoms with E-state index in [9.17, 15) is 0 Å². The second-order valence-electron chi connectivity index (χ2n) is 3.97. The predicted molar refractivity (Wildman–Crippen MR) is 67.9 cm³/mol. The molecule has 0 aromatic carbocycles. The first kappa shape index (κ1) is 15.8. The van der Waals surface area contributed by atoms with Crippen LogP contribution in [0.4, 0.5) is 0 Å². The number of ether oxygens (including phenoxy) is 2. The van der Waals surface area contributed by atoms with E-state index in [4.69, 9.17) is 9.47 Å². The van der Waals surface area contributed by atoms with Gasteiger partial charge in [0.2, 0.25) is 0 Å². The van der Waals surface area contributed by atoms with Gasteiger partial charge in [-0.15, -0.1) is 0 Å². The molecule has 0 rings (SSSR count). The van der Waals surface area contributed by atoms with Crippen molar-refractivity contribution < 1.29 is 9.47 Å². The van der Waals surface area contributed by atoms with E-state index in [2.05, 4.69) is 17.6 Å². The zero-order chi connectivity index (χ0) is 12.1. The van der Waals surface area contributed by atoms with E-state index in [0.29, 0.717) is 6.61 Å². The molecule has 0 spiro atoms. The molecule has 1 atom stereocenters. The normalized spacial score (nSPS) is 12.9. The SMILES string of the molecule is CCCCCNCCNCC(COC)OC. The summed E-state index contributed by atoms with van der Waals surface area (Å²) >= 11 is 0. The largest absolute Gasteiger partial charge is 0.382 e. The minimum atomic E-state index is 0.157. The third kappa shape index (κ3) is 10.4. The van der Waals surface area contributed by atoms with E-state index in [1.807, 2.05) is 0 Å². The molecule has 4 heteroatoms. The summed E-state index contributed by atoms with van der Waals surface area (Å²) in [4.78, 5) is 0. The molecular weight excluding hydrogens is 204 g/mol. The highest BCUT2D eigenvalue weighted by Gasteiger charge is 2.04. The van der Waals surface area contributed by atoms with Crippen molar-refractivity contribution in [2.75, 3.05) is 47.0 Å². The van der Waals surface area contributed by atoms with Gasteiger partial charge in [-0.05, 0) is 13.0 Å². The fraction of sp³-hybridized carbons (Fsp3) is 1.00. The van der Waals surface area contributed by atoms with Crippen LogP contribution in [0.2, 0.25) is 0 Å².